The zero-order chi connectivity index (χ0) is 11.9. The first kappa shape index (κ1) is 14.2. The third-order valence-electron chi connectivity index (χ3n) is 1.71. The number of carbonyl (C=O) groups is 2. The predicted octanol–water partition coefficient (Wildman–Crippen LogP) is 0.345. The van der Waals surface area contributed by atoms with E-state index in [1.807, 2.05) is 0 Å². The van der Waals surface area contributed by atoms with E-state index in [0.717, 1.165) is 11.8 Å². The van der Waals surface area contributed by atoms with Gasteiger partial charge in [0.05, 0.1) is 12.4 Å². The largest absolute Gasteiger partial charge is 0.480 e. The number of hydrogen-bond donors (Lipinski definition) is 2. The number of nitrogens with one attached hydrogen (secondary N) is 1. The molecule has 0 unspecified atom stereocenters. The molecule has 1 amide bonds. The maximum atomic E-state index is 11.2. The van der Waals surface area contributed by atoms with E-state index in [1.54, 1.807) is 21.0 Å². The van der Waals surface area contributed by atoms with E-state index in [-0.39, 0.29) is 11.7 Å². The molecule has 0 aromatic rings. The van der Waals surface area contributed by atoms with Gasteiger partial charge in [-0.25, -0.2) is 0 Å². The summed E-state index contributed by atoms with van der Waals surface area (Å²) in [6.07, 6.45) is 0. The quantitative estimate of drug-likeness (QED) is 0.623. The second kappa shape index (κ2) is 6.68. The van der Waals surface area contributed by atoms with E-state index in [4.69, 9.17) is 9.84 Å². The summed E-state index contributed by atoms with van der Waals surface area (Å²) in [4.78, 5) is 21.9. The molecule has 2 N–H and O–H groups in total. The van der Waals surface area contributed by atoms with Gasteiger partial charge in [0.25, 0.3) is 0 Å². The molecule has 0 atom stereocenters. The lowest BCUT2D eigenvalue weighted by Gasteiger charge is -2.17. The third kappa shape index (κ3) is 6.35. The highest BCUT2D eigenvalue weighted by Crippen LogP contribution is 2.23. The van der Waals surface area contributed by atoms with Crippen LogP contribution in [0.25, 0.3) is 0 Å². The van der Waals surface area contributed by atoms with Gasteiger partial charge >= 0.3 is 5.97 Å². The summed E-state index contributed by atoms with van der Waals surface area (Å²) in [7, 11) is 1.55. The van der Waals surface area contributed by atoms with Crippen molar-refractivity contribution in [2.45, 2.75) is 18.6 Å². The van der Waals surface area contributed by atoms with Crippen LogP contribution in [0.4, 0.5) is 0 Å². The molecule has 5 nitrogen and oxygen atoms in total. The first-order chi connectivity index (χ1) is 6.90. The first-order valence-electron chi connectivity index (χ1n) is 4.53. The highest BCUT2D eigenvalue weighted by molar-refractivity contribution is 8.01. The van der Waals surface area contributed by atoms with Crippen LogP contribution in [-0.4, -0.2) is 47.7 Å². The Morgan fingerprint density at radius 2 is 2.07 bits per heavy atom. The van der Waals surface area contributed by atoms with Gasteiger partial charge in [-0.2, -0.15) is 0 Å². The summed E-state index contributed by atoms with van der Waals surface area (Å²) < 4.78 is 3.83. The Bertz CT molecular complexity index is 230. The SMILES string of the molecule is COCCNC(=O)CSC(C)(C)C(=O)O. The second-order valence-corrected chi connectivity index (χ2v) is 5.04. The van der Waals surface area contributed by atoms with Crippen LogP contribution in [0, 0.1) is 0 Å². The van der Waals surface area contributed by atoms with Gasteiger partial charge < -0.3 is 15.2 Å². The molecular weight excluding hydrogens is 218 g/mol. The van der Waals surface area contributed by atoms with E-state index in [1.165, 1.54) is 0 Å². The summed E-state index contributed by atoms with van der Waals surface area (Å²) in [6.45, 7) is 4.05. The normalized spacial score (nSPS) is 11.1. The number of carbonyl (C=O) groups excluding carboxylic acids is 1. The third-order valence-corrected chi connectivity index (χ3v) is 3.01. The molecule has 0 saturated carbocycles. The van der Waals surface area contributed by atoms with E-state index in [9.17, 15) is 9.59 Å². The number of aliphatic carboxylic acids is 1. The molecule has 0 aliphatic carbocycles. The van der Waals surface area contributed by atoms with Crippen molar-refractivity contribution < 1.29 is 19.4 Å². The molecule has 88 valence electrons. The fraction of sp³-hybridized carbons (Fsp3) is 0.778. The number of hydrogen-bond acceptors (Lipinski definition) is 4. The van der Waals surface area contributed by atoms with Crippen molar-refractivity contribution >= 4 is 23.6 Å². The molecule has 0 aliphatic rings. The van der Waals surface area contributed by atoms with Crippen molar-refractivity contribution in [3.8, 4) is 0 Å². The number of amides is 1. The molecule has 0 heterocycles. The number of carboxylic acid groups (broad SMARTS) is 1. The van der Waals surface area contributed by atoms with Crippen LogP contribution < -0.4 is 5.32 Å². The van der Waals surface area contributed by atoms with Gasteiger partial charge in [-0.1, -0.05) is 0 Å². The molecule has 0 aromatic carbocycles. The average molecular weight is 235 g/mol. The lowest BCUT2D eigenvalue weighted by Crippen LogP contribution is -2.33. The van der Waals surface area contributed by atoms with Gasteiger partial charge in [0.2, 0.25) is 5.91 Å². The van der Waals surface area contributed by atoms with Crippen molar-refractivity contribution in [3.63, 3.8) is 0 Å². The predicted molar refractivity (Wildman–Crippen MR) is 59.1 cm³/mol. The average Bonchev–Trinajstić information content (AvgIpc) is 2.15. The topological polar surface area (TPSA) is 75.6 Å². The highest BCUT2D eigenvalue weighted by atomic mass is 32.2. The second-order valence-electron chi connectivity index (χ2n) is 3.45. The first-order valence-corrected chi connectivity index (χ1v) is 5.51. The summed E-state index contributed by atoms with van der Waals surface area (Å²) in [5.74, 6) is -0.952. The molecule has 15 heavy (non-hydrogen) atoms. The number of methoxy groups -OCH3 is 1. The van der Waals surface area contributed by atoms with Gasteiger partial charge in [-0.05, 0) is 13.8 Å². The van der Waals surface area contributed by atoms with Gasteiger partial charge in [0.1, 0.15) is 4.75 Å². The summed E-state index contributed by atoms with van der Waals surface area (Å²) in [5, 5.41) is 11.4. The number of carboxylic acids is 1. The van der Waals surface area contributed by atoms with Crippen molar-refractivity contribution in [1.82, 2.24) is 5.32 Å². The fourth-order valence-corrected chi connectivity index (χ4v) is 1.37. The van der Waals surface area contributed by atoms with Crippen LogP contribution in [0.2, 0.25) is 0 Å². The van der Waals surface area contributed by atoms with Crippen molar-refractivity contribution in [2.24, 2.45) is 0 Å². The Kier molecular flexibility index (Phi) is 6.35. The molecule has 0 rings (SSSR count). The Balaban J connectivity index is 3.75. The minimum absolute atomic E-state index is 0.142. The molecule has 6 heteroatoms. The van der Waals surface area contributed by atoms with Crippen LogP contribution >= 0.6 is 11.8 Å². The van der Waals surface area contributed by atoms with Crippen LogP contribution in [-0.2, 0) is 14.3 Å². The van der Waals surface area contributed by atoms with Gasteiger partial charge in [-0.3, -0.25) is 9.59 Å². The zero-order valence-corrected chi connectivity index (χ0v) is 10.0. The molecule has 0 spiro atoms. The number of thioether (sulfide) groups is 1. The lowest BCUT2D eigenvalue weighted by molar-refractivity contribution is -0.138. The van der Waals surface area contributed by atoms with Crippen LogP contribution in [0.15, 0.2) is 0 Å². The number of ether oxygens (including phenoxy) is 1. The standard InChI is InChI=1S/C9H17NO4S/c1-9(2,8(12)13)15-6-7(11)10-4-5-14-3/h4-6H2,1-3H3,(H,10,11)(H,12,13). The number of rotatable bonds is 7. The zero-order valence-electron chi connectivity index (χ0n) is 9.20. The van der Waals surface area contributed by atoms with Crippen molar-refractivity contribution in [1.29, 1.82) is 0 Å². The van der Waals surface area contributed by atoms with Crippen molar-refractivity contribution in [3.05, 3.63) is 0 Å². The van der Waals surface area contributed by atoms with Crippen LogP contribution in [0.1, 0.15) is 13.8 Å². The van der Waals surface area contributed by atoms with E-state index >= 15 is 0 Å². The van der Waals surface area contributed by atoms with Crippen LogP contribution in [0.3, 0.4) is 0 Å². The molecule has 0 aromatic heterocycles. The maximum Gasteiger partial charge on any atom is 0.319 e. The van der Waals surface area contributed by atoms with E-state index in [0.29, 0.717) is 13.2 Å². The molecule has 0 fully saturated rings. The minimum atomic E-state index is -0.932. The summed E-state index contributed by atoms with van der Waals surface area (Å²) in [5.41, 5.74) is 0. The van der Waals surface area contributed by atoms with Gasteiger partial charge in [0, 0.05) is 13.7 Å². The Hall–Kier alpha value is -0.750. The monoisotopic (exact) mass is 235 g/mol. The van der Waals surface area contributed by atoms with Crippen molar-refractivity contribution in [2.75, 3.05) is 26.0 Å². The molecule has 0 radical (unpaired) electrons. The lowest BCUT2D eigenvalue weighted by atomic mass is 10.2. The molecular formula is C9H17NO4S. The minimum Gasteiger partial charge on any atom is -0.480 e. The van der Waals surface area contributed by atoms with Crippen LogP contribution in [0.5, 0.6) is 0 Å². The fourth-order valence-electron chi connectivity index (χ4n) is 0.651. The van der Waals surface area contributed by atoms with E-state index in [2.05, 4.69) is 5.32 Å². The smallest absolute Gasteiger partial charge is 0.319 e. The van der Waals surface area contributed by atoms with E-state index < -0.39 is 10.7 Å². The maximum absolute atomic E-state index is 11.2. The summed E-state index contributed by atoms with van der Waals surface area (Å²) >= 11 is 1.10. The highest BCUT2D eigenvalue weighted by Gasteiger charge is 2.28. The Morgan fingerprint density at radius 3 is 2.53 bits per heavy atom. The molecule has 0 aliphatic heterocycles. The molecule has 0 saturated heterocycles. The van der Waals surface area contributed by atoms with Gasteiger partial charge in [0.15, 0.2) is 0 Å². The molecule has 0 bridgehead atoms. The summed E-state index contributed by atoms with van der Waals surface area (Å²) in [6, 6.07) is 0. The van der Waals surface area contributed by atoms with Gasteiger partial charge in [-0.15, -0.1) is 11.8 Å². The Labute approximate surface area is 93.6 Å². The Morgan fingerprint density at radius 1 is 1.47 bits per heavy atom.